The number of aliphatic carboxylic acids is 1. The van der Waals surface area contributed by atoms with Crippen molar-refractivity contribution in [2.45, 2.75) is 6.04 Å². The molecular formula is C11H6F5NO3S. The molecule has 21 heavy (non-hydrogen) atoms. The molecule has 1 aliphatic heterocycles. The highest BCUT2D eigenvalue weighted by Crippen LogP contribution is 2.28. The minimum atomic E-state index is -2.38. The third-order valence-corrected chi connectivity index (χ3v) is 3.86. The second-order valence-electron chi connectivity index (χ2n) is 4.07. The number of thioether (sulfide) groups is 1. The van der Waals surface area contributed by atoms with Gasteiger partial charge in [-0.25, -0.2) is 26.7 Å². The lowest BCUT2D eigenvalue weighted by Gasteiger charge is -2.21. The van der Waals surface area contributed by atoms with E-state index < -0.39 is 52.6 Å². The van der Waals surface area contributed by atoms with E-state index in [-0.39, 0.29) is 11.6 Å². The molecule has 0 radical (unpaired) electrons. The van der Waals surface area contributed by atoms with Crippen molar-refractivity contribution in [2.24, 2.45) is 0 Å². The van der Waals surface area contributed by atoms with Crippen LogP contribution in [0.15, 0.2) is 0 Å². The van der Waals surface area contributed by atoms with Crippen molar-refractivity contribution in [3.8, 4) is 0 Å². The van der Waals surface area contributed by atoms with Crippen LogP contribution in [0.1, 0.15) is 10.4 Å². The number of halogens is 5. The molecule has 1 fully saturated rings. The zero-order valence-electron chi connectivity index (χ0n) is 10.0. The normalized spacial score (nSPS) is 18.1. The monoisotopic (exact) mass is 327 g/mol. The van der Waals surface area contributed by atoms with Crippen molar-refractivity contribution in [1.82, 2.24) is 4.90 Å². The van der Waals surface area contributed by atoms with Crippen LogP contribution in [0.3, 0.4) is 0 Å². The van der Waals surface area contributed by atoms with E-state index in [2.05, 4.69) is 0 Å². The van der Waals surface area contributed by atoms with E-state index in [0.29, 0.717) is 4.90 Å². The Kier molecular flexibility index (Phi) is 4.08. The number of nitrogens with zero attached hydrogens (tertiary/aromatic N) is 1. The van der Waals surface area contributed by atoms with Gasteiger partial charge in [-0.05, 0) is 0 Å². The molecule has 10 heteroatoms. The molecule has 0 bridgehead atoms. The number of carbonyl (C=O) groups excluding carboxylic acids is 1. The van der Waals surface area contributed by atoms with Crippen LogP contribution >= 0.6 is 11.8 Å². The lowest BCUT2D eigenvalue weighted by Crippen LogP contribution is -2.42. The summed E-state index contributed by atoms with van der Waals surface area (Å²) in [5.41, 5.74) is -1.65. The molecule has 1 aromatic rings. The smallest absolute Gasteiger partial charge is 0.327 e. The zero-order valence-corrected chi connectivity index (χ0v) is 10.8. The number of rotatable bonds is 2. The molecule has 0 aliphatic carbocycles. The number of hydrogen-bond donors (Lipinski definition) is 1. The van der Waals surface area contributed by atoms with E-state index in [1.165, 1.54) is 0 Å². The minimum absolute atomic E-state index is 0.0452. The van der Waals surface area contributed by atoms with Gasteiger partial charge in [0.15, 0.2) is 23.3 Å². The minimum Gasteiger partial charge on any atom is -0.480 e. The fraction of sp³-hybridized carbons (Fsp3) is 0.273. The standard InChI is InChI=1S/C11H6F5NO3S/c12-5-4(6(13)8(15)9(16)7(5)14)10(18)17-2-21-1-3(17)11(19)20/h3H,1-2H2,(H,19,20)/t3-/m0/s1. The van der Waals surface area contributed by atoms with E-state index >= 15 is 0 Å². The van der Waals surface area contributed by atoms with Gasteiger partial charge in [0, 0.05) is 5.75 Å². The molecule has 1 amide bonds. The Bertz CT molecular complexity index is 610. The third-order valence-electron chi connectivity index (χ3n) is 2.85. The summed E-state index contributed by atoms with van der Waals surface area (Å²) in [4.78, 5) is 23.4. The highest BCUT2D eigenvalue weighted by Gasteiger charge is 2.39. The maximum Gasteiger partial charge on any atom is 0.327 e. The Morgan fingerprint density at radius 3 is 1.95 bits per heavy atom. The lowest BCUT2D eigenvalue weighted by molar-refractivity contribution is -0.140. The first kappa shape index (κ1) is 15.5. The Labute approximate surface area is 118 Å². The average molecular weight is 327 g/mol. The maximum atomic E-state index is 13.5. The summed E-state index contributed by atoms with van der Waals surface area (Å²) in [5.74, 6) is -14.7. The fourth-order valence-corrected chi connectivity index (χ4v) is 2.93. The summed E-state index contributed by atoms with van der Waals surface area (Å²) in [6.45, 7) is 0. The van der Waals surface area contributed by atoms with Gasteiger partial charge in [-0.1, -0.05) is 0 Å². The number of carboxylic acid groups (broad SMARTS) is 1. The molecule has 4 nitrogen and oxygen atoms in total. The van der Waals surface area contributed by atoms with E-state index in [1.54, 1.807) is 0 Å². The molecular weight excluding hydrogens is 321 g/mol. The highest BCUT2D eigenvalue weighted by atomic mass is 32.2. The van der Waals surface area contributed by atoms with Gasteiger partial charge in [0.05, 0.1) is 5.88 Å². The predicted molar refractivity (Wildman–Crippen MR) is 61.2 cm³/mol. The van der Waals surface area contributed by atoms with Gasteiger partial charge in [-0.3, -0.25) is 4.79 Å². The average Bonchev–Trinajstić information content (AvgIpc) is 2.92. The first-order chi connectivity index (χ1) is 9.77. The Hall–Kier alpha value is -1.84. The Morgan fingerprint density at radius 1 is 1.00 bits per heavy atom. The van der Waals surface area contributed by atoms with Crippen molar-refractivity contribution < 1.29 is 36.6 Å². The van der Waals surface area contributed by atoms with Gasteiger partial charge in [0.25, 0.3) is 5.91 Å². The summed E-state index contributed by atoms with van der Waals surface area (Å²) in [6.07, 6.45) is 0. The van der Waals surface area contributed by atoms with Crippen LogP contribution in [0.25, 0.3) is 0 Å². The van der Waals surface area contributed by atoms with Gasteiger partial charge in [0.2, 0.25) is 5.82 Å². The first-order valence-corrected chi connectivity index (χ1v) is 6.55. The Morgan fingerprint density at radius 2 is 1.48 bits per heavy atom. The summed E-state index contributed by atoms with van der Waals surface area (Å²) in [7, 11) is 0. The molecule has 1 heterocycles. The van der Waals surface area contributed by atoms with Crippen LogP contribution in [-0.4, -0.2) is 39.6 Å². The van der Waals surface area contributed by atoms with Crippen LogP contribution in [0.2, 0.25) is 0 Å². The molecule has 1 N–H and O–H groups in total. The molecule has 0 unspecified atom stereocenters. The third kappa shape index (κ3) is 2.43. The fourth-order valence-electron chi connectivity index (χ4n) is 1.78. The van der Waals surface area contributed by atoms with Gasteiger partial charge in [0.1, 0.15) is 11.6 Å². The molecule has 1 saturated heterocycles. The van der Waals surface area contributed by atoms with Gasteiger partial charge < -0.3 is 10.0 Å². The number of amides is 1. The summed E-state index contributed by atoms with van der Waals surface area (Å²) >= 11 is 0.983. The summed E-state index contributed by atoms with van der Waals surface area (Å²) in [5, 5.41) is 8.87. The molecule has 0 saturated carbocycles. The second kappa shape index (κ2) is 5.51. The topological polar surface area (TPSA) is 57.6 Å². The van der Waals surface area contributed by atoms with E-state index in [4.69, 9.17) is 5.11 Å². The molecule has 1 atom stereocenters. The van der Waals surface area contributed by atoms with Crippen LogP contribution in [-0.2, 0) is 4.79 Å². The largest absolute Gasteiger partial charge is 0.480 e. The van der Waals surface area contributed by atoms with Crippen LogP contribution in [0, 0.1) is 29.1 Å². The highest BCUT2D eigenvalue weighted by molar-refractivity contribution is 7.99. The van der Waals surface area contributed by atoms with Crippen molar-refractivity contribution in [1.29, 1.82) is 0 Å². The first-order valence-electron chi connectivity index (χ1n) is 5.40. The van der Waals surface area contributed by atoms with Gasteiger partial charge in [-0.2, -0.15) is 0 Å². The van der Waals surface area contributed by atoms with E-state index in [0.717, 1.165) is 11.8 Å². The summed E-state index contributed by atoms with van der Waals surface area (Å²) < 4.78 is 66.0. The molecule has 1 aromatic carbocycles. The molecule has 0 aromatic heterocycles. The van der Waals surface area contributed by atoms with E-state index in [1.807, 2.05) is 0 Å². The zero-order chi connectivity index (χ0) is 15.9. The van der Waals surface area contributed by atoms with Crippen molar-refractivity contribution in [3.05, 3.63) is 34.6 Å². The number of carbonyl (C=O) groups is 2. The molecule has 0 spiro atoms. The van der Waals surface area contributed by atoms with Gasteiger partial charge >= 0.3 is 5.97 Å². The van der Waals surface area contributed by atoms with Crippen molar-refractivity contribution in [2.75, 3.05) is 11.6 Å². The van der Waals surface area contributed by atoms with Crippen molar-refractivity contribution in [3.63, 3.8) is 0 Å². The van der Waals surface area contributed by atoms with Crippen LogP contribution < -0.4 is 0 Å². The number of carboxylic acids is 1. The molecule has 1 aliphatic rings. The van der Waals surface area contributed by atoms with Gasteiger partial charge in [-0.15, -0.1) is 11.8 Å². The SMILES string of the molecule is O=C(O)[C@@H]1CSCN1C(=O)c1c(F)c(F)c(F)c(F)c1F. The number of hydrogen-bond acceptors (Lipinski definition) is 3. The second-order valence-corrected chi connectivity index (χ2v) is 5.07. The van der Waals surface area contributed by atoms with Crippen LogP contribution in [0.4, 0.5) is 22.0 Å². The summed E-state index contributed by atoms with van der Waals surface area (Å²) in [6, 6.07) is -1.39. The maximum absolute atomic E-state index is 13.5. The van der Waals surface area contributed by atoms with Crippen molar-refractivity contribution >= 4 is 23.6 Å². The lowest BCUT2D eigenvalue weighted by atomic mass is 10.1. The predicted octanol–water partition coefficient (Wildman–Crippen LogP) is 1.98. The quantitative estimate of drug-likeness (QED) is 0.513. The van der Waals surface area contributed by atoms with E-state index in [9.17, 15) is 31.5 Å². The molecule has 2 rings (SSSR count). The van der Waals surface area contributed by atoms with Crippen LogP contribution in [0.5, 0.6) is 0 Å². The Balaban J connectivity index is 2.52. The number of benzene rings is 1. The molecule has 114 valence electrons.